The van der Waals surface area contributed by atoms with Crippen LogP contribution >= 0.6 is 11.6 Å². The van der Waals surface area contributed by atoms with Crippen molar-refractivity contribution in [2.75, 3.05) is 43.4 Å². The van der Waals surface area contributed by atoms with Crippen LogP contribution in [0, 0.1) is 29.9 Å². The summed E-state index contributed by atoms with van der Waals surface area (Å²) in [5.74, 6) is 2.40. The Bertz CT molecular complexity index is 2160. The third kappa shape index (κ3) is 4.83. The average molecular weight is 679 g/mol. The van der Waals surface area contributed by atoms with Crippen LogP contribution in [0.4, 0.5) is 20.3 Å². The SMILES string of the molecule is C#Cc1c(F)ccc2cc(N)cc(-c3c(Cl)cc4c(N5C[C@@H]6CC[C@](C7CC7)(C5)N6)nc(OCC56CC(=C)CN5CC(=C)C6)nc4c3F)c12. The molecule has 0 radical (unpaired) electrons. The minimum atomic E-state index is -0.673. The Kier molecular flexibility index (Phi) is 6.84. The number of rotatable bonds is 6. The smallest absolute Gasteiger partial charge is 0.319 e. The van der Waals surface area contributed by atoms with Gasteiger partial charge in [-0.25, -0.2) is 8.78 Å². The molecule has 2 atom stereocenters. The van der Waals surface area contributed by atoms with Crippen LogP contribution in [-0.4, -0.2) is 64.8 Å². The first-order valence-electron chi connectivity index (χ1n) is 17.0. The van der Waals surface area contributed by atoms with Gasteiger partial charge >= 0.3 is 6.01 Å². The highest BCUT2D eigenvalue weighted by Gasteiger charge is 2.53. The predicted molar refractivity (Wildman–Crippen MR) is 191 cm³/mol. The summed E-state index contributed by atoms with van der Waals surface area (Å²) in [4.78, 5) is 14.4. The number of nitrogens with two attached hydrogens (primary N) is 1. The van der Waals surface area contributed by atoms with Crippen LogP contribution in [0.25, 0.3) is 32.8 Å². The number of anilines is 2. The number of fused-ring (bicyclic) bond motifs is 5. The van der Waals surface area contributed by atoms with Crippen LogP contribution in [0.5, 0.6) is 6.01 Å². The lowest BCUT2D eigenvalue weighted by molar-refractivity contribution is 0.108. The summed E-state index contributed by atoms with van der Waals surface area (Å²) >= 11 is 7.01. The normalized spacial score (nSPS) is 24.6. The van der Waals surface area contributed by atoms with Gasteiger partial charge in [0, 0.05) is 59.8 Å². The number of halogens is 3. The molecule has 5 heterocycles. The first-order valence-corrected chi connectivity index (χ1v) is 17.4. The molecule has 4 aromatic rings. The standard InChI is InChI=1S/C39H37ClF2N6O/c1-4-27-31(41)8-5-23-11-25(43)12-28(32(23)27)33-30(40)13-29-35(34(33)42)44-37(49-20-38-14-21(2)16-48(38)17-22(3)15-38)45-36(29)47-18-26-9-10-39(19-47,46-26)24-6-7-24/h1,5,8,11-13,24,26,46H,2-3,6-7,9-10,14-20,43H2/t26-,39+/m0/s1. The van der Waals surface area contributed by atoms with Gasteiger partial charge in [-0.05, 0) is 79.7 Å². The topological polar surface area (TPSA) is 79.5 Å². The Morgan fingerprint density at radius 2 is 1.88 bits per heavy atom. The van der Waals surface area contributed by atoms with E-state index in [9.17, 15) is 0 Å². The third-order valence-electron chi connectivity index (χ3n) is 11.5. The lowest BCUT2D eigenvalue weighted by Crippen LogP contribution is -2.61. The second-order valence-electron chi connectivity index (χ2n) is 14.9. The number of nitrogens with zero attached hydrogens (tertiary/aromatic N) is 4. The molecule has 3 N–H and O–H groups in total. The monoisotopic (exact) mass is 678 g/mol. The Labute approximate surface area is 289 Å². The second-order valence-corrected chi connectivity index (χ2v) is 15.3. The number of hydrogen-bond acceptors (Lipinski definition) is 7. The molecule has 0 spiro atoms. The highest BCUT2D eigenvalue weighted by Crippen LogP contribution is 2.50. The van der Waals surface area contributed by atoms with Crippen molar-refractivity contribution in [2.45, 2.75) is 55.6 Å². The largest absolute Gasteiger partial charge is 0.461 e. The highest BCUT2D eigenvalue weighted by atomic mass is 35.5. The summed E-state index contributed by atoms with van der Waals surface area (Å²) in [5.41, 5.74) is 9.12. The molecular weight excluding hydrogens is 642 g/mol. The zero-order chi connectivity index (χ0) is 33.8. The lowest BCUT2D eigenvalue weighted by Gasteiger charge is -2.42. The van der Waals surface area contributed by atoms with Crippen molar-refractivity contribution >= 4 is 44.8 Å². The van der Waals surface area contributed by atoms with Crippen molar-refractivity contribution in [1.82, 2.24) is 20.2 Å². The molecule has 4 saturated heterocycles. The van der Waals surface area contributed by atoms with Gasteiger partial charge in [-0.3, -0.25) is 4.90 Å². The van der Waals surface area contributed by atoms with E-state index >= 15 is 8.78 Å². The van der Waals surface area contributed by atoms with E-state index in [1.54, 1.807) is 24.3 Å². The minimum Gasteiger partial charge on any atom is -0.461 e. The zero-order valence-electron chi connectivity index (χ0n) is 27.2. The van der Waals surface area contributed by atoms with E-state index in [1.807, 2.05) is 0 Å². The number of aromatic nitrogens is 2. The molecule has 0 unspecified atom stereocenters. The van der Waals surface area contributed by atoms with E-state index in [0.29, 0.717) is 51.8 Å². The molecule has 3 aromatic carbocycles. The maximum Gasteiger partial charge on any atom is 0.319 e. The number of ether oxygens (including phenoxy) is 1. The van der Waals surface area contributed by atoms with E-state index in [4.69, 9.17) is 38.5 Å². The number of benzene rings is 3. The van der Waals surface area contributed by atoms with Gasteiger partial charge in [0.05, 0.1) is 16.1 Å². The fourth-order valence-electron chi connectivity index (χ4n) is 9.33. The molecule has 2 bridgehead atoms. The van der Waals surface area contributed by atoms with Gasteiger partial charge in [0.15, 0.2) is 5.82 Å². The Morgan fingerprint density at radius 3 is 2.61 bits per heavy atom. The predicted octanol–water partition coefficient (Wildman–Crippen LogP) is 7.01. The van der Waals surface area contributed by atoms with Crippen molar-refractivity contribution in [2.24, 2.45) is 5.92 Å². The summed E-state index contributed by atoms with van der Waals surface area (Å²) in [6.45, 7) is 11.9. The van der Waals surface area contributed by atoms with Crippen LogP contribution in [0.15, 0.2) is 54.6 Å². The van der Waals surface area contributed by atoms with Crippen LogP contribution in [0.1, 0.15) is 44.1 Å². The van der Waals surface area contributed by atoms with E-state index in [2.05, 4.69) is 34.2 Å². The van der Waals surface area contributed by atoms with Gasteiger partial charge in [0.1, 0.15) is 23.8 Å². The van der Waals surface area contributed by atoms with Gasteiger partial charge in [-0.2, -0.15) is 9.97 Å². The van der Waals surface area contributed by atoms with Gasteiger partial charge in [-0.1, -0.05) is 47.9 Å². The summed E-state index contributed by atoms with van der Waals surface area (Å²) < 4.78 is 38.8. The Balaban J connectivity index is 1.22. The number of terminal acetylenes is 1. The van der Waals surface area contributed by atoms with Crippen LogP contribution in [0.2, 0.25) is 5.02 Å². The van der Waals surface area contributed by atoms with E-state index < -0.39 is 11.6 Å². The maximum absolute atomic E-state index is 17.3. The van der Waals surface area contributed by atoms with Crippen LogP contribution < -0.4 is 20.7 Å². The van der Waals surface area contributed by atoms with Crippen molar-refractivity contribution in [1.29, 1.82) is 0 Å². The molecule has 0 amide bonds. The molecule has 5 aliphatic rings. The molecule has 10 heteroatoms. The highest BCUT2D eigenvalue weighted by molar-refractivity contribution is 6.35. The number of nitrogens with one attached hydrogen (secondary N) is 1. The lowest BCUT2D eigenvalue weighted by atomic mass is 9.90. The van der Waals surface area contributed by atoms with Crippen molar-refractivity contribution in [3.8, 4) is 29.5 Å². The summed E-state index contributed by atoms with van der Waals surface area (Å²) in [7, 11) is 0. The average Bonchev–Trinajstić information content (AvgIpc) is 3.75. The van der Waals surface area contributed by atoms with E-state index in [1.165, 1.54) is 18.9 Å². The Morgan fingerprint density at radius 1 is 1.10 bits per heavy atom. The van der Waals surface area contributed by atoms with Gasteiger partial charge < -0.3 is 20.7 Å². The molecule has 1 aromatic heterocycles. The number of hydrogen-bond donors (Lipinski definition) is 2. The van der Waals surface area contributed by atoms with Gasteiger partial charge in [0.25, 0.3) is 0 Å². The van der Waals surface area contributed by atoms with Crippen LogP contribution in [-0.2, 0) is 0 Å². The van der Waals surface area contributed by atoms with E-state index in [0.717, 1.165) is 63.0 Å². The Hall–Kier alpha value is -4.23. The molecule has 250 valence electrons. The second kappa shape index (κ2) is 10.9. The van der Waals surface area contributed by atoms with Crippen molar-refractivity contribution in [3.05, 3.63) is 76.9 Å². The quantitative estimate of drug-likeness (QED) is 0.129. The number of piperazine rings is 1. The van der Waals surface area contributed by atoms with E-state index in [-0.39, 0.29) is 38.8 Å². The summed E-state index contributed by atoms with van der Waals surface area (Å²) in [6, 6.07) is 8.26. The maximum atomic E-state index is 17.3. The molecular formula is C39H37ClF2N6O. The van der Waals surface area contributed by atoms with Gasteiger partial charge in [-0.15, -0.1) is 6.42 Å². The molecule has 1 saturated carbocycles. The van der Waals surface area contributed by atoms with Crippen molar-refractivity contribution in [3.63, 3.8) is 0 Å². The molecule has 49 heavy (non-hydrogen) atoms. The van der Waals surface area contributed by atoms with Gasteiger partial charge in [0.2, 0.25) is 0 Å². The number of nitrogen functional groups attached to an aromatic ring is 1. The summed E-state index contributed by atoms with van der Waals surface area (Å²) in [5, 5.41) is 5.47. The zero-order valence-corrected chi connectivity index (χ0v) is 28.0. The summed E-state index contributed by atoms with van der Waals surface area (Å²) in [6.07, 6.45) is 12.0. The molecule has 4 aliphatic heterocycles. The molecule has 1 aliphatic carbocycles. The first kappa shape index (κ1) is 30.8. The third-order valence-corrected chi connectivity index (χ3v) is 11.8. The molecule has 5 fully saturated rings. The first-order chi connectivity index (χ1) is 23.6. The van der Waals surface area contributed by atoms with Crippen molar-refractivity contribution < 1.29 is 13.5 Å². The molecule has 7 nitrogen and oxygen atoms in total. The minimum absolute atomic E-state index is 0.00749. The van der Waals surface area contributed by atoms with Crippen LogP contribution in [0.3, 0.4) is 0 Å². The fraction of sp³-hybridized carbons (Fsp3) is 0.385. The fourth-order valence-corrected chi connectivity index (χ4v) is 9.62. The molecule has 9 rings (SSSR count).